The third-order valence-corrected chi connectivity index (χ3v) is 5.79. The van der Waals surface area contributed by atoms with Gasteiger partial charge in [0.1, 0.15) is 23.4 Å². The first-order valence-electron chi connectivity index (χ1n) is 10.1. The fourth-order valence-electron chi connectivity index (χ4n) is 3.95. The van der Waals surface area contributed by atoms with Gasteiger partial charge in [-0.2, -0.15) is 0 Å². The number of hydrogen-bond donors (Lipinski definition) is 1. The Morgan fingerprint density at radius 1 is 0.935 bits per heavy atom. The second kappa shape index (κ2) is 8.32. The third kappa shape index (κ3) is 3.94. The van der Waals surface area contributed by atoms with Crippen LogP contribution in [0.3, 0.4) is 0 Å². The summed E-state index contributed by atoms with van der Waals surface area (Å²) >= 11 is 5.71. The molecule has 0 aliphatic carbocycles. The molecule has 4 aromatic rings. The number of furan rings is 1. The number of nitrogens with one attached hydrogen (secondary N) is 1. The topological polar surface area (TPSA) is 41.3 Å². The van der Waals surface area contributed by atoms with Crippen molar-refractivity contribution in [1.29, 1.82) is 0 Å². The summed E-state index contributed by atoms with van der Waals surface area (Å²) in [5.74, 6) is 1.19. The van der Waals surface area contributed by atoms with Crippen molar-refractivity contribution in [2.24, 2.45) is 0 Å². The lowest BCUT2D eigenvalue weighted by Gasteiger charge is -2.26. The van der Waals surface area contributed by atoms with Crippen LogP contribution in [-0.2, 0) is 6.54 Å². The van der Waals surface area contributed by atoms with Gasteiger partial charge < -0.3 is 14.6 Å². The first-order valence-corrected chi connectivity index (χ1v) is 10.5. The minimum absolute atomic E-state index is 0.148. The largest absolute Gasteiger partial charge is 0.459 e. The van der Waals surface area contributed by atoms with Crippen LogP contribution in [0.15, 0.2) is 95.5 Å². The number of pyridine rings is 1. The smallest absolute Gasteiger partial charge is 0.170 e. The fourth-order valence-corrected chi connectivity index (χ4v) is 4.25. The molecule has 2 atom stereocenters. The van der Waals surface area contributed by atoms with Crippen molar-refractivity contribution in [2.45, 2.75) is 18.6 Å². The van der Waals surface area contributed by atoms with E-state index in [4.69, 9.17) is 16.6 Å². The zero-order valence-electron chi connectivity index (χ0n) is 16.6. The minimum atomic E-state index is -0.273. The first kappa shape index (κ1) is 19.5. The quantitative estimate of drug-likeness (QED) is 0.415. The predicted molar refractivity (Wildman–Crippen MR) is 122 cm³/mol. The summed E-state index contributed by atoms with van der Waals surface area (Å²) < 4.78 is 19.6. The van der Waals surface area contributed by atoms with E-state index in [9.17, 15) is 4.39 Å². The lowest BCUT2D eigenvalue weighted by atomic mass is 10.0. The molecular formula is C25H20FN3OS. The Bertz CT molecular complexity index is 1180. The number of nitrogens with zero attached hydrogens (tertiary/aromatic N) is 2. The summed E-state index contributed by atoms with van der Waals surface area (Å²) in [6.45, 7) is 0.646. The average Bonchev–Trinajstić information content (AvgIpc) is 3.41. The molecule has 2 aromatic carbocycles. The molecule has 0 unspecified atom stereocenters. The first-order chi connectivity index (χ1) is 15.2. The molecule has 1 aliphatic rings. The van der Waals surface area contributed by atoms with Crippen molar-refractivity contribution in [3.8, 4) is 11.3 Å². The molecule has 1 N–H and O–H groups in total. The van der Waals surface area contributed by atoms with Crippen molar-refractivity contribution in [3.63, 3.8) is 0 Å². The van der Waals surface area contributed by atoms with Gasteiger partial charge in [0.05, 0.1) is 11.7 Å². The highest BCUT2D eigenvalue weighted by molar-refractivity contribution is 7.80. The van der Waals surface area contributed by atoms with Gasteiger partial charge in [0.25, 0.3) is 0 Å². The summed E-state index contributed by atoms with van der Waals surface area (Å²) in [5, 5.41) is 4.09. The van der Waals surface area contributed by atoms with Gasteiger partial charge in [-0.05, 0) is 66.3 Å². The van der Waals surface area contributed by atoms with Crippen molar-refractivity contribution in [2.75, 3.05) is 0 Å². The highest BCUT2D eigenvalue weighted by Gasteiger charge is 2.41. The Morgan fingerprint density at radius 3 is 2.45 bits per heavy atom. The number of aromatic nitrogens is 1. The van der Waals surface area contributed by atoms with Crippen LogP contribution in [0.25, 0.3) is 11.3 Å². The fraction of sp³-hybridized carbons (Fsp3) is 0.120. The van der Waals surface area contributed by atoms with E-state index in [2.05, 4.69) is 27.3 Å². The SMILES string of the molecule is Fc1ccc(-c2ccc([C@@H]3[C@H](c4ccccn4)NC(=S)N3Cc3ccccc3)o2)cc1. The molecule has 31 heavy (non-hydrogen) atoms. The molecule has 0 radical (unpaired) electrons. The van der Waals surface area contributed by atoms with Crippen molar-refractivity contribution in [1.82, 2.24) is 15.2 Å². The van der Waals surface area contributed by atoms with E-state index < -0.39 is 0 Å². The van der Waals surface area contributed by atoms with Gasteiger partial charge in [-0.3, -0.25) is 4.98 Å². The van der Waals surface area contributed by atoms with Crippen molar-refractivity contribution >= 4 is 17.3 Å². The van der Waals surface area contributed by atoms with Gasteiger partial charge >= 0.3 is 0 Å². The Kier molecular flexibility index (Phi) is 5.22. The van der Waals surface area contributed by atoms with Crippen LogP contribution in [0.4, 0.5) is 4.39 Å². The highest BCUT2D eigenvalue weighted by atomic mass is 32.1. The lowest BCUT2D eigenvalue weighted by Crippen LogP contribution is -2.29. The molecule has 0 bridgehead atoms. The maximum atomic E-state index is 13.3. The van der Waals surface area contributed by atoms with Gasteiger partial charge in [0.15, 0.2) is 5.11 Å². The molecule has 1 fully saturated rings. The van der Waals surface area contributed by atoms with Crippen LogP contribution in [0.1, 0.15) is 29.1 Å². The van der Waals surface area contributed by atoms with E-state index in [1.807, 2.05) is 48.5 Å². The Labute approximate surface area is 185 Å². The summed E-state index contributed by atoms with van der Waals surface area (Å²) in [5.41, 5.74) is 2.87. The van der Waals surface area contributed by atoms with E-state index in [0.29, 0.717) is 17.4 Å². The van der Waals surface area contributed by atoms with Crippen LogP contribution in [0.5, 0.6) is 0 Å². The third-order valence-electron chi connectivity index (χ3n) is 5.44. The maximum absolute atomic E-state index is 13.3. The van der Waals surface area contributed by atoms with Gasteiger partial charge in [-0.15, -0.1) is 0 Å². The van der Waals surface area contributed by atoms with Crippen LogP contribution < -0.4 is 5.32 Å². The Morgan fingerprint density at radius 2 is 1.71 bits per heavy atom. The highest BCUT2D eigenvalue weighted by Crippen LogP contribution is 2.41. The monoisotopic (exact) mass is 429 g/mol. The van der Waals surface area contributed by atoms with Crippen LogP contribution in [0, 0.1) is 5.82 Å². The second-order valence-corrected chi connectivity index (χ2v) is 7.84. The van der Waals surface area contributed by atoms with Crippen LogP contribution >= 0.6 is 12.2 Å². The van der Waals surface area contributed by atoms with Gasteiger partial charge in [0.2, 0.25) is 0 Å². The Hall–Kier alpha value is -3.51. The van der Waals surface area contributed by atoms with Gasteiger partial charge in [-0.1, -0.05) is 36.4 Å². The molecule has 0 spiro atoms. The van der Waals surface area contributed by atoms with E-state index in [1.165, 1.54) is 12.1 Å². The standard InChI is InChI=1S/C25H20FN3OS/c26-19-11-9-18(10-12-19)21-13-14-22(30-21)24-23(20-8-4-5-15-27-20)28-25(31)29(24)16-17-6-2-1-3-7-17/h1-15,23-24H,16H2,(H,28,31)/t23-,24+/m0/s1. The zero-order valence-corrected chi connectivity index (χ0v) is 17.4. The normalized spacial score (nSPS) is 18.2. The molecule has 1 saturated heterocycles. The average molecular weight is 430 g/mol. The van der Waals surface area contributed by atoms with Crippen LogP contribution in [-0.4, -0.2) is 15.0 Å². The zero-order chi connectivity index (χ0) is 21.2. The molecule has 1 aliphatic heterocycles. The molecular weight excluding hydrogens is 409 g/mol. The van der Waals surface area contributed by atoms with E-state index in [-0.39, 0.29) is 17.9 Å². The van der Waals surface area contributed by atoms with Crippen LogP contribution in [0.2, 0.25) is 0 Å². The molecule has 0 saturated carbocycles. The number of thiocarbonyl (C=S) groups is 1. The summed E-state index contributed by atoms with van der Waals surface area (Å²) in [6, 6.07) is 25.9. The lowest BCUT2D eigenvalue weighted by molar-refractivity contribution is 0.269. The predicted octanol–water partition coefficient (Wildman–Crippen LogP) is 5.65. The van der Waals surface area contributed by atoms with E-state index >= 15 is 0 Å². The summed E-state index contributed by atoms with van der Waals surface area (Å²) in [4.78, 5) is 6.69. The van der Waals surface area contributed by atoms with Crippen molar-refractivity contribution < 1.29 is 8.81 Å². The number of halogens is 1. The van der Waals surface area contributed by atoms with E-state index in [1.54, 1.807) is 18.3 Å². The van der Waals surface area contributed by atoms with Gasteiger partial charge in [0, 0.05) is 18.3 Å². The molecule has 154 valence electrons. The number of rotatable bonds is 5. The molecule has 3 heterocycles. The number of hydrogen-bond acceptors (Lipinski definition) is 3. The summed E-state index contributed by atoms with van der Waals surface area (Å²) in [6.07, 6.45) is 1.78. The molecule has 2 aromatic heterocycles. The molecule has 0 amide bonds. The molecule has 4 nitrogen and oxygen atoms in total. The Balaban J connectivity index is 1.53. The second-order valence-electron chi connectivity index (χ2n) is 7.45. The molecule has 5 rings (SSSR count). The maximum Gasteiger partial charge on any atom is 0.170 e. The van der Waals surface area contributed by atoms with Crippen molar-refractivity contribution in [3.05, 3.63) is 114 Å². The van der Waals surface area contributed by atoms with E-state index in [0.717, 1.165) is 22.6 Å². The number of benzene rings is 2. The summed E-state index contributed by atoms with van der Waals surface area (Å²) in [7, 11) is 0. The molecule has 6 heteroatoms. The van der Waals surface area contributed by atoms with Gasteiger partial charge in [-0.25, -0.2) is 4.39 Å². The minimum Gasteiger partial charge on any atom is -0.459 e.